The number of carbonyl (C=O) groups is 1. The van der Waals surface area contributed by atoms with E-state index in [0.717, 1.165) is 34.8 Å². The molecule has 3 heterocycles. The van der Waals surface area contributed by atoms with Gasteiger partial charge >= 0.3 is 0 Å². The molecule has 1 atom stereocenters. The van der Waals surface area contributed by atoms with Crippen LogP contribution < -0.4 is 5.32 Å². The molecule has 6 heteroatoms. The second-order valence-corrected chi connectivity index (χ2v) is 6.61. The van der Waals surface area contributed by atoms with Crippen LogP contribution in [0.1, 0.15) is 41.4 Å². The first-order valence-electron chi connectivity index (χ1n) is 7.44. The van der Waals surface area contributed by atoms with E-state index in [1.807, 2.05) is 23.7 Å². The van der Waals surface area contributed by atoms with Gasteiger partial charge in [-0.05, 0) is 36.4 Å². The first kappa shape index (κ1) is 13.6. The minimum absolute atomic E-state index is 0.0162. The van der Waals surface area contributed by atoms with Gasteiger partial charge < -0.3 is 14.7 Å². The standard InChI is InChI=1S/C16H17N3O2S/c1-21-18-12(10-4-5-10)9-13-14-3-2-7-19(14)16-11(6-8-22-16)15(20)17-13/h2-3,6-8,10,13H,4-5,9H2,1H3,(H,17,20)/b18-12+. The molecule has 1 fully saturated rings. The van der Waals surface area contributed by atoms with Crippen molar-refractivity contribution in [1.82, 2.24) is 9.88 Å². The molecule has 0 bridgehead atoms. The van der Waals surface area contributed by atoms with Crippen molar-refractivity contribution < 1.29 is 9.63 Å². The molecule has 0 spiro atoms. The predicted octanol–water partition coefficient (Wildman–Crippen LogP) is 3.13. The van der Waals surface area contributed by atoms with Crippen molar-refractivity contribution in [2.45, 2.75) is 25.3 Å². The molecule has 0 aromatic carbocycles. The SMILES string of the molecule is CO/N=C(\CC1NC(=O)c2ccsc2-n2cccc21)C1CC1. The molecule has 5 nitrogen and oxygen atoms in total. The van der Waals surface area contributed by atoms with Gasteiger partial charge in [0.15, 0.2) is 0 Å². The zero-order chi connectivity index (χ0) is 15.1. The second kappa shape index (κ2) is 5.28. The lowest BCUT2D eigenvalue weighted by Crippen LogP contribution is -2.29. The molecule has 0 radical (unpaired) electrons. The molecular formula is C16H17N3O2S. The summed E-state index contributed by atoms with van der Waals surface area (Å²) in [6, 6.07) is 5.90. The van der Waals surface area contributed by atoms with E-state index >= 15 is 0 Å². The molecule has 1 aliphatic heterocycles. The molecule has 2 aliphatic rings. The fraction of sp³-hybridized carbons (Fsp3) is 0.375. The number of aromatic nitrogens is 1. The number of thiophene rings is 1. The van der Waals surface area contributed by atoms with Crippen LogP contribution in [0.25, 0.3) is 5.00 Å². The van der Waals surface area contributed by atoms with E-state index in [1.165, 1.54) is 0 Å². The maximum atomic E-state index is 12.5. The highest BCUT2D eigenvalue weighted by Crippen LogP contribution is 2.36. The van der Waals surface area contributed by atoms with Gasteiger partial charge in [-0.15, -0.1) is 11.3 Å². The molecule has 2 aromatic heterocycles. The van der Waals surface area contributed by atoms with E-state index in [0.29, 0.717) is 12.3 Å². The molecule has 2 aromatic rings. The van der Waals surface area contributed by atoms with Crippen LogP contribution >= 0.6 is 11.3 Å². The molecule has 1 unspecified atom stereocenters. The summed E-state index contributed by atoms with van der Waals surface area (Å²) in [5.41, 5.74) is 2.88. The topological polar surface area (TPSA) is 55.6 Å². The van der Waals surface area contributed by atoms with E-state index < -0.39 is 0 Å². The summed E-state index contributed by atoms with van der Waals surface area (Å²) in [5.74, 6) is 0.495. The Labute approximate surface area is 132 Å². The molecule has 114 valence electrons. The summed E-state index contributed by atoms with van der Waals surface area (Å²) >= 11 is 1.59. The van der Waals surface area contributed by atoms with Crippen LogP contribution in [0, 0.1) is 5.92 Å². The number of rotatable bonds is 4. The van der Waals surface area contributed by atoms with Crippen molar-refractivity contribution in [2.75, 3.05) is 7.11 Å². The fourth-order valence-corrected chi connectivity index (χ4v) is 3.91. The molecule has 4 rings (SSSR count). The Balaban J connectivity index is 1.71. The number of nitrogens with one attached hydrogen (secondary N) is 1. The van der Waals surface area contributed by atoms with Crippen LogP contribution in [0.15, 0.2) is 34.9 Å². The number of amides is 1. The van der Waals surface area contributed by atoms with E-state index in [9.17, 15) is 4.79 Å². The maximum Gasteiger partial charge on any atom is 0.254 e. The lowest BCUT2D eigenvalue weighted by molar-refractivity contribution is 0.0940. The first-order valence-corrected chi connectivity index (χ1v) is 8.32. The van der Waals surface area contributed by atoms with Crippen molar-refractivity contribution >= 4 is 23.0 Å². The van der Waals surface area contributed by atoms with Crippen LogP contribution in [0.4, 0.5) is 0 Å². The van der Waals surface area contributed by atoms with Gasteiger partial charge in [-0.3, -0.25) is 4.79 Å². The molecule has 1 amide bonds. The Morgan fingerprint density at radius 1 is 1.50 bits per heavy atom. The summed E-state index contributed by atoms with van der Waals surface area (Å²) in [7, 11) is 1.58. The summed E-state index contributed by atoms with van der Waals surface area (Å²) in [4.78, 5) is 17.5. The van der Waals surface area contributed by atoms with Gasteiger partial charge in [-0.1, -0.05) is 5.16 Å². The van der Waals surface area contributed by atoms with Crippen LogP contribution in [0.3, 0.4) is 0 Å². The van der Waals surface area contributed by atoms with Gasteiger partial charge in [-0.25, -0.2) is 0 Å². The van der Waals surface area contributed by atoms with E-state index in [-0.39, 0.29) is 11.9 Å². The molecule has 1 saturated carbocycles. The van der Waals surface area contributed by atoms with Crippen LogP contribution in [-0.2, 0) is 4.84 Å². The Bertz CT molecular complexity index is 742. The van der Waals surface area contributed by atoms with Gasteiger partial charge in [0.1, 0.15) is 12.1 Å². The number of fused-ring (bicyclic) bond motifs is 3. The lowest BCUT2D eigenvalue weighted by Gasteiger charge is -2.18. The quantitative estimate of drug-likeness (QED) is 0.696. The fourth-order valence-electron chi connectivity index (χ4n) is 3.01. The van der Waals surface area contributed by atoms with Crippen LogP contribution in [-0.4, -0.2) is 23.3 Å². The highest BCUT2D eigenvalue weighted by atomic mass is 32.1. The normalized spacial score (nSPS) is 20.9. The Morgan fingerprint density at radius 2 is 2.36 bits per heavy atom. The van der Waals surface area contributed by atoms with Crippen molar-refractivity contribution in [3.8, 4) is 5.00 Å². The third-order valence-corrected chi connectivity index (χ3v) is 5.13. The average Bonchev–Trinajstić information content (AvgIpc) is 3.07. The second-order valence-electron chi connectivity index (χ2n) is 5.71. The molecule has 0 saturated heterocycles. The monoisotopic (exact) mass is 315 g/mol. The van der Waals surface area contributed by atoms with Crippen molar-refractivity contribution in [3.05, 3.63) is 41.0 Å². The largest absolute Gasteiger partial charge is 0.399 e. The van der Waals surface area contributed by atoms with Gasteiger partial charge in [-0.2, -0.15) is 0 Å². The van der Waals surface area contributed by atoms with Gasteiger partial charge in [0.25, 0.3) is 5.91 Å². The molecule has 1 aliphatic carbocycles. The predicted molar refractivity (Wildman–Crippen MR) is 85.6 cm³/mol. The summed E-state index contributed by atoms with van der Waals surface area (Å²) in [6.45, 7) is 0. The molecule has 22 heavy (non-hydrogen) atoms. The zero-order valence-corrected chi connectivity index (χ0v) is 13.1. The van der Waals surface area contributed by atoms with Crippen molar-refractivity contribution in [2.24, 2.45) is 11.1 Å². The van der Waals surface area contributed by atoms with Gasteiger partial charge in [0, 0.05) is 24.2 Å². The minimum Gasteiger partial charge on any atom is -0.399 e. The Morgan fingerprint density at radius 3 is 3.14 bits per heavy atom. The Kier molecular flexibility index (Phi) is 3.26. The number of hydrogen-bond acceptors (Lipinski definition) is 4. The van der Waals surface area contributed by atoms with Gasteiger partial charge in [0.05, 0.1) is 17.3 Å². The molecular weight excluding hydrogens is 298 g/mol. The third kappa shape index (κ3) is 2.23. The van der Waals surface area contributed by atoms with Crippen LogP contribution in [0.2, 0.25) is 0 Å². The summed E-state index contributed by atoms with van der Waals surface area (Å²) in [6.07, 6.45) is 5.04. The average molecular weight is 315 g/mol. The highest BCUT2D eigenvalue weighted by molar-refractivity contribution is 7.13. The lowest BCUT2D eigenvalue weighted by atomic mass is 10.0. The zero-order valence-electron chi connectivity index (χ0n) is 12.3. The van der Waals surface area contributed by atoms with Gasteiger partial charge in [0.2, 0.25) is 0 Å². The first-order chi connectivity index (χ1) is 10.8. The highest BCUT2D eigenvalue weighted by Gasteiger charge is 2.33. The maximum absolute atomic E-state index is 12.5. The van der Waals surface area contributed by atoms with Crippen molar-refractivity contribution in [1.29, 1.82) is 0 Å². The van der Waals surface area contributed by atoms with Crippen LogP contribution in [0.5, 0.6) is 0 Å². The molecule has 1 N–H and O–H groups in total. The minimum atomic E-state index is -0.0726. The number of carbonyl (C=O) groups excluding carboxylic acids is 1. The number of nitrogens with zero attached hydrogens (tertiary/aromatic N) is 2. The van der Waals surface area contributed by atoms with Crippen molar-refractivity contribution in [3.63, 3.8) is 0 Å². The summed E-state index contributed by atoms with van der Waals surface area (Å²) < 4.78 is 2.11. The number of hydrogen-bond donors (Lipinski definition) is 1. The third-order valence-electron chi connectivity index (χ3n) is 4.22. The van der Waals surface area contributed by atoms with E-state index in [4.69, 9.17) is 4.84 Å². The van der Waals surface area contributed by atoms with E-state index in [1.54, 1.807) is 18.4 Å². The van der Waals surface area contributed by atoms with E-state index in [2.05, 4.69) is 21.1 Å². The number of oxime groups is 1. The Hall–Kier alpha value is -2.08. The smallest absolute Gasteiger partial charge is 0.254 e. The summed E-state index contributed by atoms with van der Waals surface area (Å²) in [5, 5.41) is 10.3.